The van der Waals surface area contributed by atoms with Gasteiger partial charge in [0.15, 0.2) is 0 Å². The van der Waals surface area contributed by atoms with E-state index in [9.17, 15) is 4.79 Å². The normalized spacial score (nSPS) is 14.5. The molecule has 1 aromatic carbocycles. The predicted octanol–water partition coefficient (Wildman–Crippen LogP) is 0.621. The summed E-state index contributed by atoms with van der Waals surface area (Å²) >= 11 is 0. The minimum absolute atomic E-state index is 0.000648. The number of benzene rings is 1. The zero-order valence-corrected chi connectivity index (χ0v) is 12.2. The van der Waals surface area contributed by atoms with Gasteiger partial charge in [0.1, 0.15) is 0 Å². The molecule has 1 heterocycles. The molecule has 0 saturated carbocycles. The first-order valence-electron chi connectivity index (χ1n) is 6.66. The highest BCUT2D eigenvalue weighted by molar-refractivity contribution is 6.27. The van der Waals surface area contributed by atoms with Gasteiger partial charge in [0.05, 0.1) is 0 Å². The number of carboxylic acids is 2. The molecule has 1 aromatic rings. The lowest BCUT2D eigenvalue weighted by atomic mass is 10.3. The monoisotopic (exact) mass is 309 g/mol. The van der Waals surface area contributed by atoms with Gasteiger partial charge in [0.25, 0.3) is 0 Å². The van der Waals surface area contributed by atoms with Crippen LogP contribution < -0.4 is 5.32 Å². The van der Waals surface area contributed by atoms with Gasteiger partial charge in [-0.25, -0.2) is 14.4 Å². The van der Waals surface area contributed by atoms with Crippen LogP contribution in [0.1, 0.15) is 0 Å². The molecule has 1 aliphatic heterocycles. The number of carbonyl (C=O) groups excluding carboxylic acids is 1. The molecule has 1 saturated heterocycles. The van der Waals surface area contributed by atoms with Gasteiger partial charge in [-0.3, -0.25) is 0 Å². The summed E-state index contributed by atoms with van der Waals surface area (Å²) in [4.78, 5) is 34.2. The molecule has 0 radical (unpaired) electrons. The van der Waals surface area contributed by atoms with Crippen LogP contribution in [-0.2, 0) is 9.59 Å². The first kappa shape index (κ1) is 17.4. The number of piperazine rings is 1. The first-order valence-corrected chi connectivity index (χ1v) is 6.66. The number of rotatable bonds is 1. The maximum Gasteiger partial charge on any atom is 0.414 e. The first-order chi connectivity index (χ1) is 10.4. The van der Waals surface area contributed by atoms with E-state index in [0.29, 0.717) is 0 Å². The summed E-state index contributed by atoms with van der Waals surface area (Å²) < 4.78 is 0. The molecule has 22 heavy (non-hydrogen) atoms. The van der Waals surface area contributed by atoms with Gasteiger partial charge in [-0.1, -0.05) is 18.2 Å². The lowest BCUT2D eigenvalue weighted by molar-refractivity contribution is -0.159. The quantitative estimate of drug-likeness (QED) is 0.656. The van der Waals surface area contributed by atoms with E-state index in [1.54, 1.807) is 0 Å². The van der Waals surface area contributed by atoms with Crippen LogP contribution in [0.25, 0.3) is 0 Å². The highest BCUT2D eigenvalue weighted by atomic mass is 16.4. The second-order valence-electron chi connectivity index (χ2n) is 4.70. The minimum Gasteiger partial charge on any atom is -0.473 e. The fraction of sp³-hybridized carbons (Fsp3) is 0.357. The molecular formula is C14H19N3O5. The molecule has 2 rings (SSSR count). The predicted molar refractivity (Wildman–Crippen MR) is 79.8 cm³/mol. The minimum atomic E-state index is -1.82. The Labute approximate surface area is 127 Å². The summed E-state index contributed by atoms with van der Waals surface area (Å²) in [5.74, 6) is -3.65. The average Bonchev–Trinajstić information content (AvgIpc) is 2.49. The number of carboxylic acid groups (broad SMARTS) is 2. The molecule has 3 N–H and O–H groups in total. The summed E-state index contributed by atoms with van der Waals surface area (Å²) in [5, 5.41) is 17.7. The highest BCUT2D eigenvalue weighted by Crippen LogP contribution is 2.07. The van der Waals surface area contributed by atoms with Crippen LogP contribution in [0.4, 0.5) is 10.5 Å². The van der Waals surface area contributed by atoms with Crippen molar-refractivity contribution in [1.82, 2.24) is 9.80 Å². The van der Waals surface area contributed by atoms with E-state index >= 15 is 0 Å². The van der Waals surface area contributed by atoms with E-state index in [2.05, 4.69) is 17.3 Å². The molecule has 0 atom stereocenters. The maximum atomic E-state index is 11.9. The molecule has 2 amide bonds. The van der Waals surface area contributed by atoms with Gasteiger partial charge < -0.3 is 25.3 Å². The van der Waals surface area contributed by atoms with Crippen LogP contribution in [-0.4, -0.2) is 71.2 Å². The Balaban J connectivity index is 0.000000346. The smallest absolute Gasteiger partial charge is 0.414 e. The van der Waals surface area contributed by atoms with E-state index in [1.165, 1.54) is 0 Å². The third-order valence-electron chi connectivity index (χ3n) is 3.00. The van der Waals surface area contributed by atoms with Crippen molar-refractivity contribution in [3.05, 3.63) is 30.3 Å². The Morgan fingerprint density at radius 2 is 1.45 bits per heavy atom. The number of amides is 2. The molecule has 1 aliphatic rings. The Morgan fingerprint density at radius 1 is 0.955 bits per heavy atom. The molecule has 8 nitrogen and oxygen atoms in total. The summed E-state index contributed by atoms with van der Waals surface area (Å²) in [6.07, 6.45) is 0. The molecule has 8 heteroatoms. The summed E-state index contributed by atoms with van der Waals surface area (Å²) in [6, 6.07) is 9.56. The van der Waals surface area contributed by atoms with E-state index in [4.69, 9.17) is 19.8 Å². The molecule has 0 unspecified atom stereocenters. The van der Waals surface area contributed by atoms with E-state index in [0.717, 1.165) is 31.9 Å². The number of hydrogen-bond donors (Lipinski definition) is 3. The van der Waals surface area contributed by atoms with Crippen molar-refractivity contribution in [2.45, 2.75) is 0 Å². The molecule has 0 bridgehead atoms. The van der Waals surface area contributed by atoms with Crippen LogP contribution in [0.2, 0.25) is 0 Å². The van der Waals surface area contributed by atoms with Crippen molar-refractivity contribution in [3.63, 3.8) is 0 Å². The fourth-order valence-electron chi connectivity index (χ4n) is 1.73. The van der Waals surface area contributed by atoms with Crippen LogP contribution >= 0.6 is 0 Å². The van der Waals surface area contributed by atoms with Crippen molar-refractivity contribution in [2.75, 3.05) is 38.5 Å². The van der Waals surface area contributed by atoms with Gasteiger partial charge in [-0.05, 0) is 19.2 Å². The van der Waals surface area contributed by atoms with Crippen molar-refractivity contribution < 1.29 is 24.6 Å². The number of hydrogen-bond acceptors (Lipinski definition) is 4. The number of para-hydroxylation sites is 1. The maximum absolute atomic E-state index is 11.9. The number of nitrogens with one attached hydrogen (secondary N) is 1. The largest absolute Gasteiger partial charge is 0.473 e. The van der Waals surface area contributed by atoms with E-state index in [-0.39, 0.29) is 6.03 Å². The molecule has 0 spiro atoms. The Morgan fingerprint density at radius 3 is 1.91 bits per heavy atom. The van der Waals surface area contributed by atoms with Gasteiger partial charge >= 0.3 is 18.0 Å². The van der Waals surface area contributed by atoms with Crippen LogP contribution in [0, 0.1) is 0 Å². The van der Waals surface area contributed by atoms with Gasteiger partial charge in [-0.2, -0.15) is 0 Å². The topological polar surface area (TPSA) is 110 Å². The summed E-state index contributed by atoms with van der Waals surface area (Å²) in [7, 11) is 2.08. The SMILES string of the molecule is CN1CCN(C(=O)Nc2ccccc2)CC1.O=C(O)C(=O)O. The Kier molecular flexibility index (Phi) is 6.84. The lowest BCUT2D eigenvalue weighted by Gasteiger charge is -2.32. The molecule has 0 aliphatic carbocycles. The lowest BCUT2D eigenvalue weighted by Crippen LogP contribution is -2.48. The van der Waals surface area contributed by atoms with Crippen molar-refractivity contribution >= 4 is 23.7 Å². The van der Waals surface area contributed by atoms with Gasteiger partial charge in [0.2, 0.25) is 0 Å². The van der Waals surface area contributed by atoms with E-state index in [1.807, 2.05) is 35.2 Å². The number of aliphatic carboxylic acids is 2. The standard InChI is InChI=1S/C12H17N3O.C2H2O4/c1-14-7-9-15(10-8-14)12(16)13-11-5-3-2-4-6-11;3-1(4)2(5)6/h2-6H,7-10H2,1H3,(H,13,16);(H,3,4)(H,5,6). The summed E-state index contributed by atoms with van der Waals surface area (Å²) in [6.45, 7) is 3.49. The summed E-state index contributed by atoms with van der Waals surface area (Å²) in [5.41, 5.74) is 0.853. The van der Waals surface area contributed by atoms with Gasteiger partial charge in [0, 0.05) is 31.9 Å². The Bertz CT molecular complexity index is 500. The van der Waals surface area contributed by atoms with Gasteiger partial charge in [-0.15, -0.1) is 0 Å². The van der Waals surface area contributed by atoms with Crippen molar-refractivity contribution in [2.24, 2.45) is 0 Å². The molecule has 120 valence electrons. The average molecular weight is 309 g/mol. The zero-order chi connectivity index (χ0) is 16.5. The van der Waals surface area contributed by atoms with E-state index < -0.39 is 11.9 Å². The number of likely N-dealkylation sites (N-methyl/N-ethyl adjacent to an activating group) is 1. The van der Waals surface area contributed by atoms with Crippen LogP contribution in [0.3, 0.4) is 0 Å². The van der Waals surface area contributed by atoms with Crippen molar-refractivity contribution in [1.29, 1.82) is 0 Å². The van der Waals surface area contributed by atoms with Crippen LogP contribution in [0.15, 0.2) is 30.3 Å². The second-order valence-corrected chi connectivity index (χ2v) is 4.70. The number of urea groups is 1. The number of nitrogens with zero attached hydrogens (tertiary/aromatic N) is 2. The molecule has 1 fully saturated rings. The zero-order valence-electron chi connectivity index (χ0n) is 12.2. The van der Waals surface area contributed by atoms with Crippen LogP contribution in [0.5, 0.6) is 0 Å². The Hall–Kier alpha value is -2.61. The van der Waals surface area contributed by atoms with Crippen molar-refractivity contribution in [3.8, 4) is 0 Å². The third kappa shape index (κ3) is 6.23. The highest BCUT2D eigenvalue weighted by Gasteiger charge is 2.18. The third-order valence-corrected chi connectivity index (χ3v) is 3.00. The second kappa shape index (κ2) is 8.63. The molecule has 0 aromatic heterocycles. The number of carbonyl (C=O) groups is 3. The fourth-order valence-corrected chi connectivity index (χ4v) is 1.73. The number of anilines is 1. The molecular weight excluding hydrogens is 290 g/mol.